The molecule has 0 spiro atoms. The standard InChI is InChI=1S/C20H29N3O6/c1-2-3-4-6-16(12-23(27)14-24)20(26)22-13-21-19(25)15-7-8-17-18(11-15)29-10-5-9-28-17/h7-8,11,14,16,27H,2-6,9-10,12-13H2,1H3,(H,21,25)(H,22,26)/t16-/m1/s1. The van der Waals surface area contributed by atoms with Crippen molar-refractivity contribution in [1.29, 1.82) is 0 Å². The first-order valence-electron chi connectivity index (χ1n) is 9.91. The number of carbonyl (C=O) groups is 3. The molecule has 1 aromatic carbocycles. The first kappa shape index (κ1) is 22.5. The Morgan fingerprint density at radius 1 is 1.21 bits per heavy atom. The van der Waals surface area contributed by atoms with Crippen LogP contribution >= 0.6 is 0 Å². The fourth-order valence-electron chi connectivity index (χ4n) is 2.98. The van der Waals surface area contributed by atoms with E-state index in [0.717, 1.165) is 25.7 Å². The molecule has 2 rings (SSSR count). The van der Waals surface area contributed by atoms with E-state index in [1.165, 1.54) is 0 Å². The van der Waals surface area contributed by atoms with Crippen LogP contribution in [-0.4, -0.2) is 54.9 Å². The molecular formula is C20H29N3O6. The Labute approximate surface area is 170 Å². The lowest BCUT2D eigenvalue weighted by Crippen LogP contribution is -2.43. The summed E-state index contributed by atoms with van der Waals surface area (Å²) in [6, 6.07) is 4.93. The van der Waals surface area contributed by atoms with E-state index in [-0.39, 0.29) is 31.4 Å². The Bertz CT molecular complexity index is 697. The molecule has 3 N–H and O–H groups in total. The molecule has 29 heavy (non-hydrogen) atoms. The van der Waals surface area contributed by atoms with Crippen molar-refractivity contribution in [2.75, 3.05) is 26.4 Å². The van der Waals surface area contributed by atoms with Crippen LogP contribution in [0.1, 0.15) is 49.4 Å². The maximum atomic E-state index is 12.4. The SMILES string of the molecule is CCCCC[C@H](CN(O)C=O)C(=O)NCNC(=O)c1ccc2c(c1)OCCCO2. The molecule has 0 unspecified atom stereocenters. The second kappa shape index (κ2) is 11.9. The van der Waals surface area contributed by atoms with Crippen molar-refractivity contribution in [2.45, 2.75) is 39.0 Å². The van der Waals surface area contributed by atoms with Gasteiger partial charge in [-0.15, -0.1) is 0 Å². The number of unbranched alkanes of at least 4 members (excludes halogenated alkanes) is 2. The topological polar surface area (TPSA) is 117 Å². The van der Waals surface area contributed by atoms with Gasteiger partial charge in [0.1, 0.15) is 0 Å². The molecule has 1 aromatic rings. The predicted octanol–water partition coefficient (Wildman–Crippen LogP) is 1.70. The summed E-state index contributed by atoms with van der Waals surface area (Å²) in [4.78, 5) is 35.4. The molecule has 9 nitrogen and oxygen atoms in total. The van der Waals surface area contributed by atoms with E-state index in [9.17, 15) is 19.6 Å². The number of carbonyl (C=O) groups excluding carboxylic acids is 3. The molecule has 0 fully saturated rings. The van der Waals surface area contributed by atoms with Crippen molar-refractivity contribution in [1.82, 2.24) is 15.7 Å². The second-order valence-electron chi connectivity index (χ2n) is 6.86. The van der Waals surface area contributed by atoms with Crippen molar-refractivity contribution in [2.24, 2.45) is 5.92 Å². The number of amides is 3. The summed E-state index contributed by atoms with van der Waals surface area (Å²) < 4.78 is 11.1. The van der Waals surface area contributed by atoms with Gasteiger partial charge in [-0.3, -0.25) is 19.6 Å². The van der Waals surface area contributed by atoms with Gasteiger partial charge in [0.2, 0.25) is 12.3 Å². The lowest BCUT2D eigenvalue weighted by molar-refractivity contribution is -0.154. The Morgan fingerprint density at radius 2 is 1.97 bits per heavy atom. The lowest BCUT2D eigenvalue weighted by Gasteiger charge is -2.19. The average Bonchev–Trinajstić information content (AvgIpc) is 2.97. The highest BCUT2D eigenvalue weighted by molar-refractivity contribution is 5.95. The number of nitrogens with zero attached hydrogens (tertiary/aromatic N) is 1. The van der Waals surface area contributed by atoms with Crippen LogP contribution in [-0.2, 0) is 9.59 Å². The summed E-state index contributed by atoms with van der Waals surface area (Å²) in [5, 5.41) is 15.1. The molecule has 0 radical (unpaired) electrons. The van der Waals surface area contributed by atoms with Gasteiger partial charge in [0, 0.05) is 12.0 Å². The van der Waals surface area contributed by atoms with Crippen LogP contribution in [0.2, 0.25) is 0 Å². The third kappa shape index (κ3) is 7.26. The van der Waals surface area contributed by atoms with Crippen LogP contribution in [0.5, 0.6) is 11.5 Å². The van der Waals surface area contributed by atoms with Gasteiger partial charge in [-0.1, -0.05) is 26.2 Å². The summed E-state index contributed by atoms with van der Waals surface area (Å²) in [5.41, 5.74) is 0.394. The van der Waals surface area contributed by atoms with Gasteiger partial charge in [-0.2, -0.15) is 0 Å². The molecule has 1 aliphatic rings. The van der Waals surface area contributed by atoms with Crippen molar-refractivity contribution in [3.8, 4) is 11.5 Å². The van der Waals surface area contributed by atoms with E-state index in [0.29, 0.717) is 41.8 Å². The Morgan fingerprint density at radius 3 is 2.69 bits per heavy atom. The molecule has 160 valence electrons. The van der Waals surface area contributed by atoms with Gasteiger partial charge < -0.3 is 20.1 Å². The molecule has 0 saturated heterocycles. The Hall–Kier alpha value is -2.81. The van der Waals surface area contributed by atoms with Gasteiger partial charge in [0.15, 0.2) is 11.5 Å². The van der Waals surface area contributed by atoms with E-state index < -0.39 is 5.92 Å². The minimum absolute atomic E-state index is 0.0666. The number of hydrogen-bond donors (Lipinski definition) is 3. The maximum Gasteiger partial charge on any atom is 0.252 e. The number of nitrogens with one attached hydrogen (secondary N) is 2. The first-order valence-corrected chi connectivity index (χ1v) is 9.91. The van der Waals surface area contributed by atoms with Crippen LogP contribution in [0.4, 0.5) is 0 Å². The summed E-state index contributed by atoms with van der Waals surface area (Å²) >= 11 is 0. The van der Waals surface area contributed by atoms with Crippen molar-refractivity contribution in [3.63, 3.8) is 0 Å². The minimum atomic E-state index is -0.549. The molecule has 0 aromatic heterocycles. The summed E-state index contributed by atoms with van der Waals surface area (Å²) in [7, 11) is 0. The third-order valence-electron chi connectivity index (χ3n) is 4.58. The lowest BCUT2D eigenvalue weighted by atomic mass is 10.0. The van der Waals surface area contributed by atoms with Gasteiger partial charge in [0.25, 0.3) is 5.91 Å². The maximum absolute atomic E-state index is 12.4. The fourth-order valence-corrected chi connectivity index (χ4v) is 2.98. The zero-order valence-electron chi connectivity index (χ0n) is 16.7. The number of benzene rings is 1. The van der Waals surface area contributed by atoms with Gasteiger partial charge >= 0.3 is 0 Å². The third-order valence-corrected chi connectivity index (χ3v) is 4.58. The van der Waals surface area contributed by atoms with Gasteiger partial charge in [-0.05, 0) is 24.6 Å². The smallest absolute Gasteiger partial charge is 0.252 e. The van der Waals surface area contributed by atoms with Gasteiger partial charge in [0.05, 0.1) is 32.3 Å². The molecule has 1 aliphatic heterocycles. The zero-order chi connectivity index (χ0) is 21.1. The Kier molecular flexibility index (Phi) is 9.23. The van der Waals surface area contributed by atoms with E-state index >= 15 is 0 Å². The summed E-state index contributed by atoms with van der Waals surface area (Å²) in [5.74, 6) is -0.120. The number of fused-ring (bicyclic) bond motifs is 1. The number of hydrogen-bond acceptors (Lipinski definition) is 6. The fraction of sp³-hybridized carbons (Fsp3) is 0.550. The monoisotopic (exact) mass is 407 g/mol. The molecule has 0 saturated carbocycles. The number of ether oxygens (including phenoxy) is 2. The highest BCUT2D eigenvalue weighted by atomic mass is 16.5. The molecule has 0 bridgehead atoms. The van der Waals surface area contributed by atoms with Gasteiger partial charge in [-0.25, -0.2) is 5.06 Å². The first-order chi connectivity index (χ1) is 14.0. The van der Waals surface area contributed by atoms with E-state index in [1.807, 2.05) is 6.92 Å². The van der Waals surface area contributed by atoms with Crippen LogP contribution < -0.4 is 20.1 Å². The van der Waals surface area contributed by atoms with Crippen LogP contribution in [0, 0.1) is 5.92 Å². The molecule has 9 heteroatoms. The van der Waals surface area contributed by atoms with Crippen LogP contribution in [0.25, 0.3) is 0 Å². The molecular weight excluding hydrogens is 378 g/mol. The molecule has 0 aliphatic carbocycles. The highest BCUT2D eigenvalue weighted by Crippen LogP contribution is 2.30. The average molecular weight is 407 g/mol. The minimum Gasteiger partial charge on any atom is -0.490 e. The summed E-state index contributed by atoms with van der Waals surface area (Å²) in [6.45, 7) is 2.99. The van der Waals surface area contributed by atoms with Crippen molar-refractivity contribution >= 4 is 18.2 Å². The predicted molar refractivity (Wildman–Crippen MR) is 105 cm³/mol. The van der Waals surface area contributed by atoms with Crippen molar-refractivity contribution < 1.29 is 29.1 Å². The van der Waals surface area contributed by atoms with E-state index in [1.54, 1.807) is 18.2 Å². The summed E-state index contributed by atoms with van der Waals surface area (Å²) in [6.07, 6.45) is 4.35. The Balaban J connectivity index is 1.86. The second-order valence-corrected chi connectivity index (χ2v) is 6.86. The molecule has 3 amide bonds. The van der Waals surface area contributed by atoms with Crippen LogP contribution in [0.15, 0.2) is 18.2 Å². The number of hydroxylamine groups is 2. The highest BCUT2D eigenvalue weighted by Gasteiger charge is 2.21. The molecule has 1 atom stereocenters. The normalized spacial score (nSPS) is 13.7. The largest absolute Gasteiger partial charge is 0.490 e. The molecule has 1 heterocycles. The van der Waals surface area contributed by atoms with Crippen molar-refractivity contribution in [3.05, 3.63) is 23.8 Å². The zero-order valence-corrected chi connectivity index (χ0v) is 16.7. The van der Waals surface area contributed by atoms with E-state index in [4.69, 9.17) is 9.47 Å². The quantitative estimate of drug-likeness (QED) is 0.169. The van der Waals surface area contributed by atoms with Crippen LogP contribution in [0.3, 0.4) is 0 Å². The number of rotatable bonds is 11. The van der Waals surface area contributed by atoms with E-state index in [2.05, 4.69) is 10.6 Å².